The number of hydrogen-bond donors (Lipinski definition) is 2. The number of carbonyl (C=O) groups excluding carboxylic acids is 1. The van der Waals surface area contributed by atoms with Crippen LogP contribution in [-0.2, 0) is 4.79 Å². The van der Waals surface area contributed by atoms with Gasteiger partial charge in [-0.2, -0.15) is 0 Å². The zero-order valence-corrected chi connectivity index (χ0v) is 14.5. The van der Waals surface area contributed by atoms with Gasteiger partial charge < -0.3 is 15.3 Å². The summed E-state index contributed by atoms with van der Waals surface area (Å²) in [4.78, 5) is 36.1. The summed E-state index contributed by atoms with van der Waals surface area (Å²) in [6.07, 6.45) is 4.51. The summed E-state index contributed by atoms with van der Waals surface area (Å²) in [5, 5.41) is 23.7. The number of likely N-dealkylation sites (tertiary alicyclic amines) is 1. The van der Waals surface area contributed by atoms with Crippen LogP contribution in [0.4, 0.5) is 11.4 Å². The van der Waals surface area contributed by atoms with Crippen LogP contribution in [0.1, 0.15) is 48.9 Å². The molecule has 0 unspecified atom stereocenters. The van der Waals surface area contributed by atoms with E-state index in [-0.39, 0.29) is 29.1 Å². The number of hydrogen-bond acceptors (Lipinski definition) is 5. The molecule has 1 aliphatic heterocycles. The molecule has 1 amide bonds. The molecule has 0 aromatic heterocycles. The van der Waals surface area contributed by atoms with Gasteiger partial charge in [-0.1, -0.05) is 0 Å². The lowest BCUT2D eigenvalue weighted by Gasteiger charge is -2.27. The van der Waals surface area contributed by atoms with E-state index in [1.165, 1.54) is 6.07 Å². The van der Waals surface area contributed by atoms with Crippen molar-refractivity contribution in [2.75, 3.05) is 18.4 Å². The fourth-order valence-electron chi connectivity index (χ4n) is 3.77. The molecule has 0 radical (unpaired) electrons. The van der Waals surface area contributed by atoms with Gasteiger partial charge in [-0.3, -0.25) is 19.7 Å². The van der Waals surface area contributed by atoms with Gasteiger partial charge in [-0.25, -0.2) is 0 Å². The number of nitrogens with one attached hydrogen (secondary N) is 1. The Labute approximate surface area is 151 Å². The molecule has 1 aliphatic carbocycles. The minimum absolute atomic E-state index is 0.112. The molecule has 2 fully saturated rings. The molecule has 2 N–H and O–H groups in total. The van der Waals surface area contributed by atoms with Gasteiger partial charge >= 0.3 is 5.97 Å². The van der Waals surface area contributed by atoms with Crippen molar-refractivity contribution in [2.24, 2.45) is 5.92 Å². The van der Waals surface area contributed by atoms with E-state index in [9.17, 15) is 19.7 Å². The van der Waals surface area contributed by atoms with Crippen LogP contribution < -0.4 is 5.32 Å². The Hall–Kier alpha value is -2.64. The highest BCUT2D eigenvalue weighted by atomic mass is 16.6. The van der Waals surface area contributed by atoms with Crippen molar-refractivity contribution in [1.82, 2.24) is 4.90 Å². The van der Waals surface area contributed by atoms with Crippen molar-refractivity contribution in [1.29, 1.82) is 0 Å². The van der Waals surface area contributed by atoms with Crippen LogP contribution in [0.15, 0.2) is 18.2 Å². The highest BCUT2D eigenvalue weighted by Crippen LogP contribution is 2.29. The quantitative estimate of drug-likeness (QED) is 0.616. The first-order valence-corrected chi connectivity index (χ1v) is 9.03. The van der Waals surface area contributed by atoms with Crippen LogP contribution in [0.5, 0.6) is 0 Å². The predicted molar refractivity (Wildman–Crippen MR) is 95.2 cm³/mol. The number of carboxylic acid groups (broad SMARTS) is 1. The van der Waals surface area contributed by atoms with E-state index >= 15 is 0 Å². The Bertz CT molecular complexity index is 707. The summed E-state index contributed by atoms with van der Waals surface area (Å²) in [6, 6.07) is 4.65. The van der Waals surface area contributed by atoms with Gasteiger partial charge in [0.15, 0.2) is 0 Å². The first-order chi connectivity index (χ1) is 12.5. The number of nitrogens with zero attached hydrogens (tertiary/aromatic N) is 2. The molecule has 0 bridgehead atoms. The number of benzene rings is 1. The molecule has 1 aromatic rings. The largest absolute Gasteiger partial charge is 0.481 e. The highest BCUT2D eigenvalue weighted by molar-refractivity contribution is 5.99. The molecule has 1 saturated heterocycles. The summed E-state index contributed by atoms with van der Waals surface area (Å²) in [5.74, 6) is -1.35. The second-order valence-electron chi connectivity index (χ2n) is 7.02. The van der Waals surface area contributed by atoms with Gasteiger partial charge in [0.05, 0.1) is 10.8 Å². The lowest BCUT2D eigenvalue weighted by atomic mass is 9.86. The molecule has 3 rings (SSSR count). The lowest BCUT2D eigenvalue weighted by Crippen LogP contribution is -2.30. The molecule has 0 spiro atoms. The topological polar surface area (TPSA) is 113 Å². The first kappa shape index (κ1) is 18.2. The van der Waals surface area contributed by atoms with Crippen LogP contribution in [0, 0.1) is 16.0 Å². The van der Waals surface area contributed by atoms with E-state index in [2.05, 4.69) is 5.32 Å². The summed E-state index contributed by atoms with van der Waals surface area (Å²) in [5.41, 5.74) is 0.597. The van der Waals surface area contributed by atoms with Crippen molar-refractivity contribution in [2.45, 2.75) is 44.6 Å². The monoisotopic (exact) mass is 361 g/mol. The van der Waals surface area contributed by atoms with Gasteiger partial charge in [0.1, 0.15) is 5.56 Å². The van der Waals surface area contributed by atoms with Gasteiger partial charge in [0, 0.05) is 30.9 Å². The van der Waals surface area contributed by atoms with Gasteiger partial charge in [0.25, 0.3) is 11.6 Å². The zero-order chi connectivity index (χ0) is 18.7. The SMILES string of the molecule is O=C(O)C1CCC(Nc2ccc([N+](=O)[O-])c(C(=O)N3CCCC3)c2)CC1. The smallest absolute Gasteiger partial charge is 0.306 e. The molecule has 2 aliphatic rings. The average molecular weight is 361 g/mol. The Morgan fingerprint density at radius 2 is 1.81 bits per heavy atom. The van der Waals surface area contributed by atoms with Crippen molar-refractivity contribution in [3.63, 3.8) is 0 Å². The Morgan fingerprint density at radius 3 is 2.38 bits per heavy atom. The number of carbonyl (C=O) groups is 2. The number of aliphatic carboxylic acids is 1. The third-order valence-corrected chi connectivity index (χ3v) is 5.26. The molecule has 0 atom stereocenters. The predicted octanol–water partition coefficient (Wildman–Crippen LogP) is 2.89. The van der Waals surface area contributed by atoms with Crippen LogP contribution in [0.2, 0.25) is 0 Å². The minimum atomic E-state index is -0.753. The van der Waals surface area contributed by atoms with E-state index in [1.54, 1.807) is 17.0 Å². The maximum absolute atomic E-state index is 12.7. The van der Waals surface area contributed by atoms with Gasteiger partial charge in [0.2, 0.25) is 0 Å². The maximum atomic E-state index is 12.7. The lowest BCUT2D eigenvalue weighted by molar-refractivity contribution is -0.385. The second kappa shape index (κ2) is 7.72. The molecule has 26 heavy (non-hydrogen) atoms. The van der Waals surface area contributed by atoms with Crippen molar-refractivity contribution in [3.8, 4) is 0 Å². The van der Waals surface area contributed by atoms with Crippen LogP contribution in [0.3, 0.4) is 0 Å². The van der Waals surface area contributed by atoms with Gasteiger partial charge in [-0.15, -0.1) is 0 Å². The van der Waals surface area contributed by atoms with E-state index < -0.39 is 10.9 Å². The van der Waals surface area contributed by atoms with E-state index in [0.29, 0.717) is 31.6 Å². The third-order valence-electron chi connectivity index (χ3n) is 5.26. The van der Waals surface area contributed by atoms with Gasteiger partial charge in [-0.05, 0) is 50.7 Å². The number of carboxylic acids is 1. The highest BCUT2D eigenvalue weighted by Gasteiger charge is 2.29. The van der Waals surface area contributed by atoms with Crippen molar-refractivity contribution >= 4 is 23.3 Å². The second-order valence-corrected chi connectivity index (χ2v) is 7.02. The number of amides is 1. The molecule has 1 saturated carbocycles. The summed E-state index contributed by atoms with van der Waals surface area (Å²) < 4.78 is 0. The van der Waals surface area contributed by atoms with Crippen LogP contribution >= 0.6 is 0 Å². The average Bonchev–Trinajstić information content (AvgIpc) is 3.16. The normalized spacial score (nSPS) is 22.8. The third kappa shape index (κ3) is 3.95. The molecule has 1 heterocycles. The molecule has 8 heteroatoms. The zero-order valence-electron chi connectivity index (χ0n) is 14.5. The summed E-state index contributed by atoms with van der Waals surface area (Å²) in [7, 11) is 0. The minimum Gasteiger partial charge on any atom is -0.481 e. The molecular formula is C18H23N3O5. The first-order valence-electron chi connectivity index (χ1n) is 9.03. The molecule has 140 valence electrons. The summed E-state index contributed by atoms with van der Waals surface area (Å²) >= 11 is 0. The number of nitro benzene ring substituents is 1. The van der Waals surface area contributed by atoms with Crippen LogP contribution in [-0.4, -0.2) is 45.9 Å². The fourth-order valence-corrected chi connectivity index (χ4v) is 3.77. The standard InChI is InChI=1S/C18H23N3O5/c22-17(20-9-1-2-10-20)15-11-14(7-8-16(15)21(25)26)19-13-5-3-12(4-6-13)18(23)24/h7-8,11-13,19H,1-6,9-10H2,(H,23,24). The number of nitro groups is 1. The molecular weight excluding hydrogens is 338 g/mol. The van der Waals surface area contributed by atoms with E-state index in [1.807, 2.05) is 0 Å². The Morgan fingerprint density at radius 1 is 1.15 bits per heavy atom. The van der Waals surface area contributed by atoms with Crippen molar-refractivity contribution in [3.05, 3.63) is 33.9 Å². The van der Waals surface area contributed by atoms with E-state index in [0.717, 1.165) is 25.7 Å². The maximum Gasteiger partial charge on any atom is 0.306 e. The molecule has 1 aromatic carbocycles. The Balaban J connectivity index is 1.74. The number of rotatable bonds is 5. The summed E-state index contributed by atoms with van der Waals surface area (Å²) in [6.45, 7) is 1.26. The fraction of sp³-hybridized carbons (Fsp3) is 0.556. The van der Waals surface area contributed by atoms with E-state index in [4.69, 9.17) is 5.11 Å². The molecule has 8 nitrogen and oxygen atoms in total. The van der Waals surface area contributed by atoms with Crippen molar-refractivity contribution < 1.29 is 19.6 Å². The van der Waals surface area contributed by atoms with Crippen LogP contribution in [0.25, 0.3) is 0 Å². The number of anilines is 1. The Kier molecular flexibility index (Phi) is 5.39.